The Labute approximate surface area is 378 Å². The molecule has 354 valence electrons. The first-order valence-electron chi connectivity index (χ1n) is 20.2. The van der Waals surface area contributed by atoms with Crippen molar-refractivity contribution in [3.05, 3.63) is 134 Å². The van der Waals surface area contributed by atoms with E-state index in [9.17, 15) is 41.9 Å². The number of ether oxygens (including phenoxy) is 10. The molecule has 0 heterocycles. The average Bonchev–Trinajstić information content (AvgIpc) is 3.31. The molecule has 0 saturated heterocycles. The van der Waals surface area contributed by atoms with Gasteiger partial charge in [0, 0.05) is 37.5 Å². The molecule has 0 spiro atoms. The number of benzene rings is 3. The second-order valence-electron chi connectivity index (χ2n) is 13.4. The molecule has 0 aliphatic carbocycles. The predicted molar refractivity (Wildman–Crippen MR) is 228 cm³/mol. The summed E-state index contributed by atoms with van der Waals surface area (Å²) in [6.45, 7) is 13.8. The molecule has 0 N–H and O–H groups in total. The third kappa shape index (κ3) is 20.1. The highest BCUT2D eigenvalue weighted by molar-refractivity contribution is 5.92. The Morgan fingerprint density at radius 2 is 0.894 bits per heavy atom. The van der Waals surface area contributed by atoms with Gasteiger partial charge in [0.25, 0.3) is 0 Å². The molecule has 16 nitrogen and oxygen atoms in total. The zero-order chi connectivity index (χ0) is 48.3. The first-order valence-corrected chi connectivity index (χ1v) is 20.2. The van der Waals surface area contributed by atoms with E-state index in [-0.39, 0.29) is 64.0 Å². The number of carbonyl (C=O) groups is 6. The van der Waals surface area contributed by atoms with Gasteiger partial charge >= 0.3 is 42.0 Å². The summed E-state index contributed by atoms with van der Waals surface area (Å²) in [4.78, 5) is 71.4. The molecule has 2 atom stereocenters. The van der Waals surface area contributed by atoms with Gasteiger partial charge in [-0.3, -0.25) is 0 Å². The minimum atomic E-state index is -4.99. The lowest BCUT2D eigenvalue weighted by Crippen LogP contribution is -2.29. The summed E-state index contributed by atoms with van der Waals surface area (Å²) in [6, 6.07) is 13.7. The van der Waals surface area contributed by atoms with Crippen LogP contribution in [-0.4, -0.2) is 101 Å². The molecule has 2 unspecified atom stereocenters. The van der Waals surface area contributed by atoms with Crippen molar-refractivity contribution in [2.24, 2.45) is 0 Å². The first kappa shape index (κ1) is 53.1. The molecule has 0 aromatic heterocycles. The Kier molecular flexibility index (Phi) is 22.9. The molecule has 66 heavy (non-hydrogen) atoms. The Bertz CT molecular complexity index is 2120. The van der Waals surface area contributed by atoms with Crippen molar-refractivity contribution in [2.45, 2.75) is 44.1 Å². The molecular formula is C47H49F3O16. The summed E-state index contributed by atoms with van der Waals surface area (Å²) in [6.07, 6.45) is -0.577. The van der Waals surface area contributed by atoms with Gasteiger partial charge in [-0.05, 0) is 92.4 Å². The quantitative estimate of drug-likeness (QED) is 0.0215. The van der Waals surface area contributed by atoms with E-state index in [4.69, 9.17) is 47.4 Å². The fourth-order valence-electron chi connectivity index (χ4n) is 5.13. The molecule has 0 radical (unpaired) electrons. The van der Waals surface area contributed by atoms with E-state index in [0.29, 0.717) is 43.2 Å². The lowest BCUT2D eigenvalue weighted by atomic mass is 10.1. The first-order chi connectivity index (χ1) is 31.6. The molecule has 0 aliphatic rings. The fourth-order valence-corrected chi connectivity index (χ4v) is 5.13. The van der Waals surface area contributed by atoms with Gasteiger partial charge in [-0.25, -0.2) is 28.8 Å². The fraction of sp³-hybridized carbons (Fsp3) is 0.319. The maximum Gasteiger partial charge on any atom is 0.420 e. The Morgan fingerprint density at radius 3 is 1.30 bits per heavy atom. The number of unbranched alkanes of at least 4 members (excludes halogenated alkanes) is 2. The molecular weight excluding hydrogens is 877 g/mol. The van der Waals surface area contributed by atoms with E-state index in [2.05, 4.69) is 26.3 Å². The lowest BCUT2D eigenvalue weighted by molar-refractivity contribution is -0.156. The van der Waals surface area contributed by atoms with Gasteiger partial charge in [0.15, 0.2) is 12.2 Å². The van der Waals surface area contributed by atoms with Gasteiger partial charge in [-0.2, -0.15) is 13.2 Å². The molecule has 0 fully saturated rings. The van der Waals surface area contributed by atoms with Crippen molar-refractivity contribution in [3.8, 4) is 23.0 Å². The van der Waals surface area contributed by atoms with Gasteiger partial charge in [0.1, 0.15) is 41.8 Å². The monoisotopic (exact) mass is 926 g/mol. The molecule has 0 saturated carbocycles. The topological polar surface area (TPSA) is 195 Å². The SMILES string of the molecule is C=CC(=O)OCC(COCCCCOc1ccc(C(=O)Oc2ccc(OC(=O)c3ccc(OCCCCOCC(COC(=O)C=C)OC(=O)C=C)cc3)c(C(F)(F)F)c2)cc1)OC(=O)C=C. The summed E-state index contributed by atoms with van der Waals surface area (Å²) < 4.78 is 95.0. The van der Waals surface area contributed by atoms with Crippen LogP contribution in [0.3, 0.4) is 0 Å². The molecule has 3 aromatic carbocycles. The molecule has 0 bridgehead atoms. The number of hydrogen-bond acceptors (Lipinski definition) is 16. The molecule has 3 rings (SSSR count). The zero-order valence-corrected chi connectivity index (χ0v) is 35.8. The van der Waals surface area contributed by atoms with Crippen LogP contribution in [0.4, 0.5) is 13.2 Å². The van der Waals surface area contributed by atoms with E-state index in [1.165, 1.54) is 48.5 Å². The van der Waals surface area contributed by atoms with Crippen LogP contribution < -0.4 is 18.9 Å². The molecule has 0 amide bonds. The Balaban J connectivity index is 1.42. The second-order valence-corrected chi connectivity index (χ2v) is 13.4. The molecule has 19 heteroatoms. The number of halogens is 3. The largest absolute Gasteiger partial charge is 0.494 e. The minimum Gasteiger partial charge on any atom is -0.494 e. The minimum absolute atomic E-state index is 0.0209. The van der Waals surface area contributed by atoms with E-state index >= 15 is 0 Å². The number of esters is 6. The van der Waals surface area contributed by atoms with E-state index in [1.807, 2.05) is 0 Å². The van der Waals surface area contributed by atoms with Gasteiger partial charge < -0.3 is 47.4 Å². The van der Waals surface area contributed by atoms with Crippen LogP contribution in [-0.2, 0) is 53.8 Å². The highest BCUT2D eigenvalue weighted by Gasteiger charge is 2.36. The zero-order valence-electron chi connectivity index (χ0n) is 35.8. The van der Waals surface area contributed by atoms with E-state index < -0.39 is 71.3 Å². The Morgan fingerprint density at radius 1 is 0.500 bits per heavy atom. The van der Waals surface area contributed by atoms with Crippen LogP contribution in [0.25, 0.3) is 0 Å². The molecule has 0 aliphatic heterocycles. The van der Waals surface area contributed by atoms with Gasteiger partial charge in [0.2, 0.25) is 0 Å². The standard InChI is InChI=1S/C47H49F3O16/c1-5-41(51)61-30-37(63-43(53)7-3)28-57-23-9-11-25-59-34-17-13-32(14-18-34)45(55)65-36-21-22-40(39(27-36)47(48,49)50)66-46(56)33-15-19-35(20-16-33)60-26-12-10-24-58-29-38(64-44(54)8-4)31-62-42(52)6-2/h5-8,13-22,27,37-38H,1-4,9-12,23-26,28-31H2. The number of hydrogen-bond donors (Lipinski definition) is 0. The normalized spacial score (nSPS) is 11.7. The van der Waals surface area contributed by atoms with Crippen LogP contribution in [0.15, 0.2) is 117 Å². The average molecular weight is 927 g/mol. The van der Waals surface area contributed by atoms with Gasteiger partial charge in [-0.15, -0.1) is 0 Å². The van der Waals surface area contributed by atoms with Crippen LogP contribution in [0.2, 0.25) is 0 Å². The van der Waals surface area contributed by atoms with Gasteiger partial charge in [-0.1, -0.05) is 26.3 Å². The lowest BCUT2D eigenvalue weighted by Gasteiger charge is -2.17. The number of alkyl halides is 3. The van der Waals surface area contributed by atoms with Crippen LogP contribution in [0, 0.1) is 0 Å². The van der Waals surface area contributed by atoms with Gasteiger partial charge in [0.05, 0.1) is 37.6 Å². The number of carbonyl (C=O) groups excluding carboxylic acids is 6. The maximum atomic E-state index is 14.1. The second kappa shape index (κ2) is 28.5. The molecule has 3 aromatic rings. The highest BCUT2D eigenvalue weighted by Crippen LogP contribution is 2.39. The summed E-state index contributed by atoms with van der Waals surface area (Å²) in [5.74, 6) is -5.28. The third-order valence-corrected chi connectivity index (χ3v) is 8.42. The number of rotatable bonds is 30. The van der Waals surface area contributed by atoms with E-state index in [0.717, 1.165) is 36.4 Å². The maximum absolute atomic E-state index is 14.1. The smallest absolute Gasteiger partial charge is 0.420 e. The van der Waals surface area contributed by atoms with Crippen molar-refractivity contribution < 1.29 is 89.3 Å². The summed E-state index contributed by atoms with van der Waals surface area (Å²) in [7, 11) is 0. The highest BCUT2D eigenvalue weighted by atomic mass is 19.4. The predicted octanol–water partition coefficient (Wildman–Crippen LogP) is 7.15. The van der Waals surface area contributed by atoms with E-state index in [1.54, 1.807) is 0 Å². The summed E-state index contributed by atoms with van der Waals surface area (Å²) in [5.41, 5.74) is -1.40. The van der Waals surface area contributed by atoms with Crippen molar-refractivity contribution in [3.63, 3.8) is 0 Å². The van der Waals surface area contributed by atoms with Crippen LogP contribution >= 0.6 is 0 Å². The Hall–Kier alpha value is -7.25. The van der Waals surface area contributed by atoms with Crippen molar-refractivity contribution in [2.75, 3.05) is 52.9 Å². The van der Waals surface area contributed by atoms with Crippen LogP contribution in [0.1, 0.15) is 52.0 Å². The van der Waals surface area contributed by atoms with Crippen molar-refractivity contribution in [1.29, 1.82) is 0 Å². The summed E-state index contributed by atoms with van der Waals surface area (Å²) in [5, 5.41) is 0. The third-order valence-electron chi connectivity index (χ3n) is 8.42. The summed E-state index contributed by atoms with van der Waals surface area (Å²) >= 11 is 0. The van der Waals surface area contributed by atoms with Crippen molar-refractivity contribution >= 4 is 35.8 Å². The van der Waals surface area contributed by atoms with Crippen molar-refractivity contribution in [1.82, 2.24) is 0 Å². The van der Waals surface area contributed by atoms with Crippen LogP contribution in [0.5, 0.6) is 23.0 Å².